The Balaban J connectivity index is 1.32. The van der Waals surface area contributed by atoms with Gasteiger partial charge < -0.3 is 28.6 Å². The average molecular weight is 651 g/mol. The number of imidazole rings is 1. The molecule has 12 heteroatoms. The Hall–Kier alpha value is -3.45. The van der Waals surface area contributed by atoms with E-state index in [1.807, 2.05) is 12.1 Å². The Bertz CT molecular complexity index is 1640. The second-order valence-corrected chi connectivity index (χ2v) is 14.4. The van der Waals surface area contributed by atoms with Crippen molar-refractivity contribution in [1.29, 1.82) is 0 Å². The second kappa shape index (κ2) is 13.3. The van der Waals surface area contributed by atoms with Gasteiger partial charge in [-0.05, 0) is 67.1 Å². The van der Waals surface area contributed by atoms with Crippen LogP contribution in [0.25, 0.3) is 0 Å². The van der Waals surface area contributed by atoms with Gasteiger partial charge in [0.1, 0.15) is 12.1 Å². The lowest BCUT2D eigenvalue weighted by Gasteiger charge is -2.41. The third-order valence-corrected chi connectivity index (χ3v) is 12.0. The highest BCUT2D eigenvalue weighted by molar-refractivity contribution is 7.89. The molecule has 2 atom stereocenters. The lowest BCUT2D eigenvalue weighted by molar-refractivity contribution is -0.113. The minimum Gasteiger partial charge on any atom is -0.493 e. The summed E-state index contributed by atoms with van der Waals surface area (Å²) >= 11 is 0. The summed E-state index contributed by atoms with van der Waals surface area (Å²) in [5, 5.41) is 0.0886. The summed E-state index contributed by atoms with van der Waals surface area (Å²) in [6, 6.07) is 11.8. The standard InChI is InChI=1S/C34H46N6O5S/c1-6-37-16-18-38(19-17-37)29-9-7-8-27-28(29)21-40(30(27)23-41)34(26-10-11-31(44-4)32(20-26)45-5)25-12-14-39(15-13-25)46(42,43)33-22-36(3)24(2)35-33/h7-11,20,22-23,25,30,34H,6,12-19,21H2,1-5H3. The SMILES string of the molecule is CCN1CCN(c2cccc3c2CN(C(c2ccc(OC)c(OC)c2)C2CCN(S(=O)(=O)c4cn(C)c(C)n4)CC2)C3C=O)CC1. The molecule has 11 nitrogen and oxygen atoms in total. The number of piperazine rings is 1. The number of methoxy groups -OCH3 is 2. The fourth-order valence-corrected chi connectivity index (χ4v) is 9.01. The first kappa shape index (κ1) is 32.5. The van der Waals surface area contributed by atoms with Gasteiger partial charge in [-0.3, -0.25) is 4.90 Å². The van der Waals surface area contributed by atoms with E-state index in [1.54, 1.807) is 43.3 Å². The second-order valence-electron chi connectivity index (χ2n) is 12.6. The molecule has 4 heterocycles. The summed E-state index contributed by atoms with van der Waals surface area (Å²) in [5.74, 6) is 2.02. The first-order valence-electron chi connectivity index (χ1n) is 16.2. The highest BCUT2D eigenvalue weighted by Crippen LogP contribution is 2.48. The van der Waals surface area contributed by atoms with Crippen LogP contribution in [0.4, 0.5) is 5.69 Å². The molecule has 2 unspecified atom stereocenters. The summed E-state index contributed by atoms with van der Waals surface area (Å²) in [6.45, 7) is 10.4. The molecule has 2 aromatic carbocycles. The van der Waals surface area contributed by atoms with E-state index in [0.717, 1.165) is 50.1 Å². The quantitative estimate of drug-likeness (QED) is 0.304. The van der Waals surface area contributed by atoms with Gasteiger partial charge in [0, 0.05) is 70.8 Å². The number of likely N-dealkylation sites (N-methyl/N-ethyl adjacent to an activating group) is 1. The van der Waals surface area contributed by atoms with Gasteiger partial charge in [-0.25, -0.2) is 13.4 Å². The molecule has 0 spiro atoms. The Kier molecular flexibility index (Phi) is 9.43. The summed E-state index contributed by atoms with van der Waals surface area (Å²) in [4.78, 5) is 24.5. The van der Waals surface area contributed by atoms with Crippen LogP contribution in [0.3, 0.4) is 0 Å². The molecule has 0 bridgehead atoms. The molecule has 0 aliphatic carbocycles. The molecule has 3 aliphatic heterocycles. The molecule has 1 aromatic heterocycles. The monoisotopic (exact) mass is 650 g/mol. The molecule has 2 fully saturated rings. The fraction of sp³-hybridized carbons (Fsp3) is 0.529. The largest absolute Gasteiger partial charge is 0.493 e. The van der Waals surface area contributed by atoms with Crippen LogP contribution < -0.4 is 14.4 Å². The summed E-state index contributed by atoms with van der Waals surface area (Å²) in [7, 11) is 1.34. The number of ether oxygens (including phenoxy) is 2. The molecule has 3 aliphatic rings. The first-order valence-corrected chi connectivity index (χ1v) is 17.7. The zero-order chi connectivity index (χ0) is 32.6. The van der Waals surface area contributed by atoms with Crippen LogP contribution in [0.15, 0.2) is 47.6 Å². The van der Waals surface area contributed by atoms with Gasteiger partial charge in [0.05, 0.1) is 20.3 Å². The lowest BCUT2D eigenvalue weighted by atomic mass is 9.84. The first-order chi connectivity index (χ1) is 22.2. The number of anilines is 1. The number of fused-ring (bicyclic) bond motifs is 1. The van der Waals surface area contributed by atoms with Crippen LogP contribution in [0.2, 0.25) is 0 Å². The van der Waals surface area contributed by atoms with Crippen LogP contribution in [-0.4, -0.2) is 98.4 Å². The molecule has 6 rings (SSSR count). The van der Waals surface area contributed by atoms with E-state index in [-0.39, 0.29) is 17.0 Å². The average Bonchev–Trinajstić information content (AvgIpc) is 3.63. The van der Waals surface area contributed by atoms with Crippen molar-refractivity contribution in [3.05, 3.63) is 65.1 Å². The van der Waals surface area contributed by atoms with E-state index in [9.17, 15) is 13.2 Å². The van der Waals surface area contributed by atoms with Crippen LogP contribution in [-0.2, 0) is 28.4 Å². The van der Waals surface area contributed by atoms with Gasteiger partial charge in [0.15, 0.2) is 16.5 Å². The number of aromatic nitrogens is 2. The van der Waals surface area contributed by atoms with E-state index < -0.39 is 16.1 Å². The van der Waals surface area contributed by atoms with Gasteiger partial charge in [-0.2, -0.15) is 4.31 Å². The van der Waals surface area contributed by atoms with E-state index in [4.69, 9.17) is 9.47 Å². The predicted octanol–water partition coefficient (Wildman–Crippen LogP) is 3.79. The molecular weight excluding hydrogens is 604 g/mol. The molecule has 0 saturated carbocycles. The van der Waals surface area contributed by atoms with Crippen LogP contribution in [0.1, 0.15) is 54.4 Å². The zero-order valence-corrected chi connectivity index (χ0v) is 28.4. The number of piperidine rings is 1. The van der Waals surface area contributed by atoms with Crippen molar-refractivity contribution in [3.8, 4) is 11.5 Å². The van der Waals surface area contributed by atoms with Crippen molar-refractivity contribution >= 4 is 22.0 Å². The molecule has 0 N–H and O–H groups in total. The predicted molar refractivity (Wildman–Crippen MR) is 177 cm³/mol. The van der Waals surface area contributed by atoms with Crippen molar-refractivity contribution < 1.29 is 22.7 Å². The normalized spacial score (nSPS) is 20.9. The number of sulfonamides is 1. The molecule has 0 amide bonds. The summed E-state index contributed by atoms with van der Waals surface area (Å²) in [6.07, 6.45) is 3.95. The third-order valence-electron chi connectivity index (χ3n) is 10.2. The minimum absolute atomic E-state index is 0.0886. The number of hydrogen-bond donors (Lipinski definition) is 0. The van der Waals surface area contributed by atoms with Gasteiger partial charge >= 0.3 is 0 Å². The maximum Gasteiger partial charge on any atom is 0.262 e. The van der Waals surface area contributed by atoms with Crippen molar-refractivity contribution in [1.82, 2.24) is 23.7 Å². The fourth-order valence-electron chi connectivity index (χ4n) is 7.51. The van der Waals surface area contributed by atoms with Crippen molar-refractivity contribution in [2.24, 2.45) is 13.0 Å². The Morgan fingerprint density at radius 2 is 1.72 bits per heavy atom. The number of aldehydes is 1. The van der Waals surface area contributed by atoms with Crippen molar-refractivity contribution in [2.75, 3.05) is 64.9 Å². The smallest absolute Gasteiger partial charge is 0.262 e. The maximum absolute atomic E-state index is 13.5. The van der Waals surface area contributed by atoms with Crippen LogP contribution >= 0.6 is 0 Å². The topological polar surface area (TPSA) is 100 Å². The van der Waals surface area contributed by atoms with E-state index in [1.165, 1.54) is 11.3 Å². The molecular formula is C34H46N6O5S. The Morgan fingerprint density at radius 1 is 1.00 bits per heavy atom. The third kappa shape index (κ3) is 5.92. The van der Waals surface area contributed by atoms with Gasteiger partial charge in [0.2, 0.25) is 0 Å². The Morgan fingerprint density at radius 3 is 2.33 bits per heavy atom. The maximum atomic E-state index is 13.5. The van der Waals surface area contributed by atoms with Crippen molar-refractivity contribution in [3.63, 3.8) is 0 Å². The number of carbonyl (C=O) groups excluding carboxylic acids is 1. The van der Waals surface area contributed by atoms with E-state index in [0.29, 0.717) is 49.8 Å². The molecule has 3 aromatic rings. The van der Waals surface area contributed by atoms with Crippen LogP contribution in [0.5, 0.6) is 11.5 Å². The molecule has 0 radical (unpaired) electrons. The minimum atomic E-state index is -3.71. The molecule has 2 saturated heterocycles. The number of benzene rings is 2. The number of aryl methyl sites for hydroxylation is 2. The number of nitrogens with zero attached hydrogens (tertiary/aromatic N) is 6. The number of rotatable bonds is 10. The molecule has 46 heavy (non-hydrogen) atoms. The summed E-state index contributed by atoms with van der Waals surface area (Å²) < 4.78 is 41.6. The molecule has 248 valence electrons. The zero-order valence-electron chi connectivity index (χ0n) is 27.6. The number of carbonyl (C=O) groups is 1. The van der Waals surface area contributed by atoms with E-state index in [2.05, 4.69) is 50.9 Å². The highest BCUT2D eigenvalue weighted by atomic mass is 32.2. The lowest BCUT2D eigenvalue weighted by Crippen LogP contribution is -2.46. The summed E-state index contributed by atoms with van der Waals surface area (Å²) in [5.41, 5.74) is 4.50. The number of hydrogen-bond acceptors (Lipinski definition) is 9. The van der Waals surface area contributed by atoms with Gasteiger partial charge in [-0.1, -0.05) is 25.1 Å². The van der Waals surface area contributed by atoms with Gasteiger partial charge in [-0.15, -0.1) is 0 Å². The van der Waals surface area contributed by atoms with Crippen LogP contribution in [0, 0.1) is 12.8 Å². The van der Waals surface area contributed by atoms with Crippen molar-refractivity contribution in [2.45, 2.75) is 50.3 Å². The van der Waals surface area contributed by atoms with E-state index >= 15 is 0 Å². The highest BCUT2D eigenvalue weighted by Gasteiger charge is 2.43. The Labute approximate surface area is 272 Å². The van der Waals surface area contributed by atoms with Gasteiger partial charge in [0.25, 0.3) is 10.0 Å².